The first-order valence-electron chi connectivity index (χ1n) is 9.69. The van der Waals surface area contributed by atoms with E-state index in [4.69, 9.17) is 21.7 Å². The second kappa shape index (κ2) is 10.3. The van der Waals surface area contributed by atoms with Crippen molar-refractivity contribution < 1.29 is 9.47 Å². The molecule has 2 aromatic carbocycles. The molecule has 2 aromatic rings. The van der Waals surface area contributed by atoms with Gasteiger partial charge in [0.15, 0.2) is 5.11 Å². The summed E-state index contributed by atoms with van der Waals surface area (Å²) in [7, 11) is 3.40. The molecule has 0 atom stereocenters. The average molecular weight is 400 g/mol. The number of piperazine rings is 1. The van der Waals surface area contributed by atoms with E-state index in [-0.39, 0.29) is 0 Å². The van der Waals surface area contributed by atoms with E-state index in [2.05, 4.69) is 45.4 Å². The number of thiocarbonyl (C=S) groups is 1. The molecule has 150 valence electrons. The van der Waals surface area contributed by atoms with E-state index in [0.29, 0.717) is 0 Å². The van der Waals surface area contributed by atoms with E-state index >= 15 is 0 Å². The summed E-state index contributed by atoms with van der Waals surface area (Å²) in [5.74, 6) is 1.76. The molecule has 0 unspecified atom stereocenters. The van der Waals surface area contributed by atoms with E-state index in [9.17, 15) is 0 Å². The maximum atomic E-state index is 5.59. The summed E-state index contributed by atoms with van der Waals surface area (Å²) >= 11 is 5.59. The average Bonchev–Trinajstić information content (AvgIpc) is 2.75. The van der Waals surface area contributed by atoms with Gasteiger partial charge in [-0.1, -0.05) is 30.3 Å². The summed E-state index contributed by atoms with van der Waals surface area (Å²) in [5.41, 5.74) is 2.48. The van der Waals surface area contributed by atoms with Gasteiger partial charge in [0, 0.05) is 44.8 Å². The molecule has 28 heavy (non-hydrogen) atoms. The molecule has 5 nitrogen and oxygen atoms in total. The fourth-order valence-corrected chi connectivity index (χ4v) is 3.71. The molecule has 1 aliphatic rings. The quantitative estimate of drug-likeness (QED) is 0.722. The van der Waals surface area contributed by atoms with Crippen molar-refractivity contribution in [3.63, 3.8) is 0 Å². The number of hydrogen-bond acceptors (Lipinski definition) is 4. The van der Waals surface area contributed by atoms with Crippen LogP contribution in [0.2, 0.25) is 0 Å². The van der Waals surface area contributed by atoms with Gasteiger partial charge in [-0.05, 0) is 42.4 Å². The van der Waals surface area contributed by atoms with Crippen LogP contribution in [0.3, 0.4) is 0 Å². The fraction of sp³-hybridized carbons (Fsp3) is 0.409. The molecule has 6 heteroatoms. The van der Waals surface area contributed by atoms with Crippen LogP contribution >= 0.6 is 12.2 Å². The van der Waals surface area contributed by atoms with Crippen LogP contribution < -0.4 is 14.8 Å². The van der Waals surface area contributed by atoms with Crippen molar-refractivity contribution in [2.45, 2.75) is 13.0 Å². The van der Waals surface area contributed by atoms with Crippen molar-refractivity contribution in [1.82, 2.24) is 15.1 Å². The van der Waals surface area contributed by atoms with Crippen molar-refractivity contribution >= 4 is 17.3 Å². The molecule has 0 aliphatic carbocycles. The highest BCUT2D eigenvalue weighted by Crippen LogP contribution is 2.25. The number of rotatable bonds is 7. The van der Waals surface area contributed by atoms with Gasteiger partial charge >= 0.3 is 0 Å². The largest absolute Gasteiger partial charge is 0.497 e. The first-order valence-corrected chi connectivity index (χ1v) is 10.1. The number of nitrogens with zero attached hydrogens (tertiary/aromatic N) is 2. The molecule has 0 aromatic heterocycles. The lowest BCUT2D eigenvalue weighted by Crippen LogP contribution is -2.51. The third-order valence-corrected chi connectivity index (χ3v) is 5.48. The standard InChI is InChI=1S/C22H29N3O2S/c1-26-20-8-9-21(27-2)19(16-20)17-24-12-14-25(15-13-24)22(28)23-11-10-18-6-4-3-5-7-18/h3-9,16H,10-15,17H2,1-2H3,(H,23,28). The molecule has 1 N–H and O–H groups in total. The Morgan fingerprint density at radius 2 is 1.75 bits per heavy atom. The highest BCUT2D eigenvalue weighted by atomic mass is 32.1. The van der Waals surface area contributed by atoms with Crippen LogP contribution in [0, 0.1) is 0 Å². The first kappa shape index (κ1) is 20.4. The molecular formula is C22H29N3O2S. The summed E-state index contributed by atoms with van der Waals surface area (Å²) in [6, 6.07) is 16.4. The van der Waals surface area contributed by atoms with E-state index in [1.165, 1.54) is 5.56 Å². The summed E-state index contributed by atoms with van der Waals surface area (Å²) < 4.78 is 10.9. The SMILES string of the molecule is COc1ccc(OC)c(CN2CCN(C(=S)NCCc3ccccc3)CC2)c1. The minimum absolute atomic E-state index is 0.850. The zero-order valence-corrected chi connectivity index (χ0v) is 17.5. The summed E-state index contributed by atoms with van der Waals surface area (Å²) in [5, 5.41) is 4.26. The summed E-state index contributed by atoms with van der Waals surface area (Å²) in [6.45, 7) is 5.53. The van der Waals surface area contributed by atoms with Gasteiger partial charge in [-0.2, -0.15) is 0 Å². The van der Waals surface area contributed by atoms with Gasteiger partial charge in [0.25, 0.3) is 0 Å². The number of nitrogens with one attached hydrogen (secondary N) is 1. The summed E-state index contributed by atoms with van der Waals surface area (Å²) in [4.78, 5) is 4.69. The Morgan fingerprint density at radius 3 is 2.43 bits per heavy atom. The summed E-state index contributed by atoms with van der Waals surface area (Å²) in [6.07, 6.45) is 0.983. The molecule has 1 saturated heterocycles. The van der Waals surface area contributed by atoms with Crippen molar-refractivity contribution in [1.29, 1.82) is 0 Å². The molecular weight excluding hydrogens is 370 g/mol. The van der Waals surface area contributed by atoms with Gasteiger partial charge in [-0.3, -0.25) is 4.90 Å². The van der Waals surface area contributed by atoms with Gasteiger partial charge in [0.05, 0.1) is 14.2 Å². The smallest absolute Gasteiger partial charge is 0.169 e. The predicted octanol–water partition coefficient (Wildman–Crippen LogP) is 2.94. The van der Waals surface area contributed by atoms with Crippen LogP contribution in [0.1, 0.15) is 11.1 Å². The van der Waals surface area contributed by atoms with Crippen LogP contribution in [0.4, 0.5) is 0 Å². The molecule has 0 amide bonds. The Labute approximate surface area is 173 Å². The topological polar surface area (TPSA) is 37.0 Å². The Balaban J connectivity index is 1.44. The Morgan fingerprint density at radius 1 is 1.00 bits per heavy atom. The zero-order valence-electron chi connectivity index (χ0n) is 16.7. The van der Waals surface area contributed by atoms with E-state index < -0.39 is 0 Å². The Bertz CT molecular complexity index is 762. The lowest BCUT2D eigenvalue weighted by molar-refractivity contribution is 0.173. The molecule has 1 fully saturated rings. The maximum Gasteiger partial charge on any atom is 0.169 e. The molecule has 0 spiro atoms. The van der Waals surface area contributed by atoms with Crippen LogP contribution in [0.5, 0.6) is 11.5 Å². The highest BCUT2D eigenvalue weighted by molar-refractivity contribution is 7.80. The van der Waals surface area contributed by atoms with Crippen LogP contribution in [0.15, 0.2) is 48.5 Å². The van der Waals surface area contributed by atoms with Gasteiger partial charge in [-0.25, -0.2) is 0 Å². The van der Waals surface area contributed by atoms with Gasteiger partial charge < -0.3 is 19.7 Å². The Kier molecular flexibility index (Phi) is 7.51. The van der Waals surface area contributed by atoms with Crippen molar-refractivity contribution in [2.24, 2.45) is 0 Å². The highest BCUT2D eigenvalue weighted by Gasteiger charge is 2.20. The third kappa shape index (κ3) is 5.59. The fourth-order valence-electron chi connectivity index (χ4n) is 3.43. The van der Waals surface area contributed by atoms with Gasteiger partial charge in [0.2, 0.25) is 0 Å². The minimum Gasteiger partial charge on any atom is -0.497 e. The van der Waals surface area contributed by atoms with Crippen LogP contribution in [0.25, 0.3) is 0 Å². The molecule has 3 rings (SSSR count). The van der Waals surface area contributed by atoms with Crippen molar-refractivity contribution in [2.75, 3.05) is 46.9 Å². The molecule has 0 saturated carbocycles. The van der Waals surface area contributed by atoms with Gasteiger partial charge in [0.1, 0.15) is 11.5 Å². The lowest BCUT2D eigenvalue weighted by atomic mass is 10.1. The number of ether oxygens (including phenoxy) is 2. The van der Waals surface area contributed by atoms with Crippen molar-refractivity contribution in [3.05, 3.63) is 59.7 Å². The minimum atomic E-state index is 0.850. The molecule has 1 heterocycles. The van der Waals surface area contributed by atoms with Crippen LogP contribution in [-0.4, -0.2) is 61.9 Å². The number of benzene rings is 2. The second-order valence-corrected chi connectivity index (χ2v) is 7.30. The lowest BCUT2D eigenvalue weighted by Gasteiger charge is -2.36. The predicted molar refractivity (Wildman–Crippen MR) is 117 cm³/mol. The maximum absolute atomic E-state index is 5.59. The second-order valence-electron chi connectivity index (χ2n) is 6.91. The van der Waals surface area contributed by atoms with Crippen LogP contribution in [-0.2, 0) is 13.0 Å². The van der Waals surface area contributed by atoms with E-state index in [1.54, 1.807) is 14.2 Å². The van der Waals surface area contributed by atoms with Gasteiger partial charge in [-0.15, -0.1) is 0 Å². The van der Waals surface area contributed by atoms with E-state index in [1.807, 2.05) is 18.2 Å². The molecule has 0 bridgehead atoms. The first-order chi connectivity index (χ1) is 13.7. The number of methoxy groups -OCH3 is 2. The third-order valence-electron chi connectivity index (χ3n) is 5.07. The number of hydrogen-bond donors (Lipinski definition) is 1. The van der Waals surface area contributed by atoms with E-state index in [0.717, 1.165) is 67.9 Å². The van der Waals surface area contributed by atoms with Crippen molar-refractivity contribution in [3.8, 4) is 11.5 Å². The molecule has 0 radical (unpaired) electrons. The molecule has 1 aliphatic heterocycles. The normalized spacial score (nSPS) is 14.6. The monoisotopic (exact) mass is 399 g/mol. The Hall–Kier alpha value is -2.31. The zero-order chi connectivity index (χ0) is 19.8.